The highest BCUT2D eigenvalue weighted by Gasteiger charge is 2.41. The van der Waals surface area contributed by atoms with Crippen LogP contribution in [-0.2, 0) is 14.8 Å². The highest BCUT2D eigenvalue weighted by atomic mass is 32.2. The van der Waals surface area contributed by atoms with E-state index >= 15 is 0 Å². The molecule has 0 saturated carbocycles. The number of hydrogen-bond acceptors (Lipinski definition) is 5. The van der Waals surface area contributed by atoms with E-state index < -0.39 is 21.7 Å². The Kier molecular flexibility index (Phi) is 5.94. The van der Waals surface area contributed by atoms with E-state index in [4.69, 9.17) is 4.74 Å². The molecular formula is C25H23F2N3O4S. The van der Waals surface area contributed by atoms with Crippen LogP contribution in [0.1, 0.15) is 17.0 Å². The van der Waals surface area contributed by atoms with Crippen LogP contribution < -0.4 is 15.4 Å². The molecule has 1 saturated heterocycles. The third kappa shape index (κ3) is 4.46. The number of aryl methyl sites for hydroxylation is 1. The average Bonchev–Trinajstić information content (AvgIpc) is 3.26. The second-order valence-electron chi connectivity index (χ2n) is 8.67. The van der Waals surface area contributed by atoms with Gasteiger partial charge < -0.3 is 15.4 Å². The molecule has 5 rings (SSSR count). The molecule has 182 valence electrons. The first-order valence-electron chi connectivity index (χ1n) is 11.1. The van der Waals surface area contributed by atoms with Gasteiger partial charge in [-0.1, -0.05) is 30.3 Å². The van der Waals surface area contributed by atoms with E-state index in [-0.39, 0.29) is 42.5 Å². The topological polar surface area (TPSA) is 87.7 Å². The number of nitrogens with one attached hydrogen (secondary N) is 2. The van der Waals surface area contributed by atoms with Crippen molar-refractivity contribution < 1.29 is 26.7 Å². The SMILES string of the molecule is Cc1cc2c(cc1S(=O)(=O)N1CC(Nc3ccc(F)c(F)c3)C(c3ccccc3)C1)OCC(=O)N2. The van der Waals surface area contributed by atoms with Gasteiger partial charge in [-0.2, -0.15) is 4.31 Å². The van der Waals surface area contributed by atoms with Gasteiger partial charge in [-0.3, -0.25) is 4.79 Å². The quantitative estimate of drug-likeness (QED) is 0.557. The van der Waals surface area contributed by atoms with Gasteiger partial charge in [0.15, 0.2) is 18.2 Å². The van der Waals surface area contributed by atoms with Gasteiger partial charge in [-0.05, 0) is 36.2 Å². The van der Waals surface area contributed by atoms with E-state index in [0.29, 0.717) is 22.7 Å². The standard InChI is InChI=1S/C25H23F2N3O4S/c1-15-9-21-23(34-14-25(31)29-21)11-24(15)35(32,33)30-12-18(16-5-3-2-4-6-16)22(13-30)28-17-7-8-19(26)20(27)10-17/h2-11,18,22,28H,12-14H2,1H3,(H,29,31). The van der Waals surface area contributed by atoms with Gasteiger partial charge >= 0.3 is 0 Å². The fourth-order valence-electron chi connectivity index (χ4n) is 4.58. The molecule has 1 amide bonds. The van der Waals surface area contributed by atoms with E-state index in [2.05, 4.69) is 10.6 Å². The second kappa shape index (κ2) is 8.94. The molecule has 0 spiro atoms. The van der Waals surface area contributed by atoms with Crippen LogP contribution in [0.5, 0.6) is 5.75 Å². The number of ether oxygens (including phenoxy) is 1. The number of nitrogens with zero attached hydrogens (tertiary/aromatic N) is 1. The first-order chi connectivity index (χ1) is 16.7. The highest BCUT2D eigenvalue weighted by Crippen LogP contribution is 2.38. The molecule has 2 atom stereocenters. The molecular weight excluding hydrogens is 476 g/mol. The lowest BCUT2D eigenvalue weighted by molar-refractivity contribution is -0.118. The molecule has 2 aliphatic heterocycles. The van der Waals surface area contributed by atoms with Crippen LogP contribution in [-0.4, -0.2) is 44.4 Å². The maximum absolute atomic E-state index is 13.8. The Hall–Kier alpha value is -3.50. The summed E-state index contributed by atoms with van der Waals surface area (Å²) in [5.41, 5.74) is 2.20. The van der Waals surface area contributed by atoms with Gasteiger partial charge in [0.1, 0.15) is 5.75 Å². The molecule has 2 heterocycles. The molecule has 0 aromatic heterocycles. The molecule has 0 aliphatic carbocycles. The molecule has 2 aliphatic rings. The zero-order valence-corrected chi connectivity index (χ0v) is 19.6. The summed E-state index contributed by atoms with van der Waals surface area (Å²) in [5.74, 6) is -2.17. The number of benzene rings is 3. The van der Waals surface area contributed by atoms with Crippen molar-refractivity contribution in [3.05, 3.63) is 83.4 Å². The number of halogens is 2. The Morgan fingerprint density at radius 2 is 1.80 bits per heavy atom. The van der Waals surface area contributed by atoms with Crippen LogP contribution in [0.2, 0.25) is 0 Å². The lowest BCUT2D eigenvalue weighted by Gasteiger charge is -2.22. The first-order valence-corrected chi connectivity index (χ1v) is 12.5. The van der Waals surface area contributed by atoms with Crippen molar-refractivity contribution in [1.82, 2.24) is 4.31 Å². The number of fused-ring (bicyclic) bond motifs is 1. The summed E-state index contributed by atoms with van der Waals surface area (Å²) in [6.45, 7) is 1.79. The number of carbonyl (C=O) groups excluding carboxylic acids is 1. The fourth-order valence-corrected chi connectivity index (χ4v) is 6.29. The van der Waals surface area contributed by atoms with E-state index in [1.165, 1.54) is 16.4 Å². The van der Waals surface area contributed by atoms with Gasteiger partial charge in [0.25, 0.3) is 5.91 Å². The van der Waals surface area contributed by atoms with Crippen molar-refractivity contribution in [2.75, 3.05) is 30.3 Å². The molecule has 3 aromatic rings. The maximum Gasteiger partial charge on any atom is 0.262 e. The summed E-state index contributed by atoms with van der Waals surface area (Å²) in [6.07, 6.45) is 0. The Morgan fingerprint density at radius 1 is 1.03 bits per heavy atom. The number of carbonyl (C=O) groups is 1. The molecule has 2 unspecified atom stereocenters. The summed E-state index contributed by atoms with van der Waals surface area (Å²) in [5, 5.41) is 5.88. The number of rotatable bonds is 5. The van der Waals surface area contributed by atoms with Crippen LogP contribution in [0.25, 0.3) is 0 Å². The Morgan fingerprint density at radius 3 is 2.54 bits per heavy atom. The molecule has 0 radical (unpaired) electrons. The van der Waals surface area contributed by atoms with Gasteiger partial charge in [-0.25, -0.2) is 17.2 Å². The lowest BCUT2D eigenvalue weighted by atomic mass is 9.94. The maximum atomic E-state index is 13.8. The fraction of sp³-hybridized carbons (Fsp3) is 0.240. The van der Waals surface area contributed by atoms with Gasteiger partial charge in [0.2, 0.25) is 10.0 Å². The van der Waals surface area contributed by atoms with Crippen LogP contribution in [0.3, 0.4) is 0 Å². The van der Waals surface area contributed by atoms with Crippen LogP contribution >= 0.6 is 0 Å². The monoisotopic (exact) mass is 499 g/mol. The van der Waals surface area contributed by atoms with Gasteiger partial charge in [0.05, 0.1) is 10.6 Å². The molecule has 1 fully saturated rings. The number of amides is 1. The van der Waals surface area contributed by atoms with Crippen molar-refractivity contribution in [2.24, 2.45) is 0 Å². The smallest absolute Gasteiger partial charge is 0.262 e. The Balaban J connectivity index is 1.48. The van der Waals surface area contributed by atoms with E-state index in [9.17, 15) is 22.0 Å². The normalized spacial score (nSPS) is 20.1. The van der Waals surface area contributed by atoms with Crippen LogP contribution in [0.4, 0.5) is 20.2 Å². The molecule has 0 bridgehead atoms. The molecule has 7 nitrogen and oxygen atoms in total. The average molecular weight is 500 g/mol. The number of hydrogen-bond donors (Lipinski definition) is 2. The predicted molar refractivity (Wildman–Crippen MR) is 127 cm³/mol. The summed E-state index contributed by atoms with van der Waals surface area (Å²) in [7, 11) is -3.93. The van der Waals surface area contributed by atoms with Crippen LogP contribution in [0, 0.1) is 18.6 Å². The highest BCUT2D eigenvalue weighted by molar-refractivity contribution is 7.89. The summed E-state index contributed by atoms with van der Waals surface area (Å²) < 4.78 is 61.5. The van der Waals surface area contributed by atoms with Crippen molar-refractivity contribution in [3.8, 4) is 5.75 Å². The first kappa shape index (κ1) is 23.3. The zero-order valence-electron chi connectivity index (χ0n) is 18.8. The minimum Gasteiger partial charge on any atom is -0.482 e. The molecule has 35 heavy (non-hydrogen) atoms. The predicted octanol–water partition coefficient (Wildman–Crippen LogP) is 3.87. The third-order valence-electron chi connectivity index (χ3n) is 6.31. The Bertz CT molecular complexity index is 1400. The zero-order chi connectivity index (χ0) is 24.7. The second-order valence-corrected chi connectivity index (χ2v) is 10.6. The van der Waals surface area contributed by atoms with Crippen LogP contribution in [0.15, 0.2) is 65.6 Å². The van der Waals surface area contributed by atoms with E-state index in [1.807, 2.05) is 30.3 Å². The van der Waals surface area contributed by atoms with Crippen molar-refractivity contribution in [1.29, 1.82) is 0 Å². The summed E-state index contributed by atoms with van der Waals surface area (Å²) in [6, 6.07) is 15.6. The summed E-state index contributed by atoms with van der Waals surface area (Å²) in [4.78, 5) is 11.7. The number of anilines is 2. The molecule has 2 N–H and O–H groups in total. The van der Waals surface area contributed by atoms with E-state index in [1.54, 1.807) is 13.0 Å². The minimum absolute atomic E-state index is 0.0905. The van der Waals surface area contributed by atoms with Gasteiger partial charge in [-0.15, -0.1) is 0 Å². The third-order valence-corrected chi connectivity index (χ3v) is 8.29. The van der Waals surface area contributed by atoms with Crippen molar-refractivity contribution in [3.63, 3.8) is 0 Å². The number of sulfonamides is 1. The lowest BCUT2D eigenvalue weighted by Crippen LogP contribution is -2.32. The van der Waals surface area contributed by atoms with E-state index in [0.717, 1.165) is 17.7 Å². The minimum atomic E-state index is -3.93. The summed E-state index contributed by atoms with van der Waals surface area (Å²) >= 11 is 0. The van der Waals surface area contributed by atoms with Crippen molar-refractivity contribution in [2.45, 2.75) is 23.8 Å². The largest absolute Gasteiger partial charge is 0.482 e. The molecule has 10 heteroatoms. The van der Waals surface area contributed by atoms with Crippen molar-refractivity contribution >= 4 is 27.3 Å². The molecule has 3 aromatic carbocycles. The Labute approximate surface area is 201 Å². The van der Waals surface area contributed by atoms with Gasteiger partial charge in [0, 0.05) is 42.9 Å².